The molecule has 16 heavy (non-hydrogen) atoms. The van der Waals surface area contributed by atoms with E-state index in [1.54, 1.807) is 0 Å². The molecule has 0 bridgehead atoms. The lowest BCUT2D eigenvalue weighted by atomic mass is 9.97. The smallest absolute Gasteiger partial charge is 0.118 e. The summed E-state index contributed by atoms with van der Waals surface area (Å²) in [4.78, 5) is 0. The number of fused-ring (bicyclic) bond motifs is 1. The maximum absolute atomic E-state index is 9.75. The summed E-state index contributed by atoms with van der Waals surface area (Å²) >= 11 is 0. The fourth-order valence-electron chi connectivity index (χ4n) is 2.68. The van der Waals surface area contributed by atoms with Gasteiger partial charge in [0, 0.05) is 5.92 Å². The van der Waals surface area contributed by atoms with Crippen LogP contribution in [-0.4, -0.2) is 5.11 Å². The Hall–Kier alpha value is -1.24. The second-order valence-electron chi connectivity index (χ2n) is 5.25. The average molecular weight is 216 g/mol. The normalized spacial score (nSPS) is 23.0. The highest BCUT2D eigenvalue weighted by Crippen LogP contribution is 2.44. The molecule has 2 rings (SSSR count). The molecule has 0 fully saturated rings. The maximum Gasteiger partial charge on any atom is 0.118 e. The number of aromatic hydroxyl groups is 1. The summed E-state index contributed by atoms with van der Waals surface area (Å²) in [6.07, 6.45) is 3.52. The minimum atomic E-state index is 0.434. The molecule has 1 aromatic carbocycles. The van der Waals surface area contributed by atoms with Crippen LogP contribution in [0.25, 0.3) is 0 Å². The molecular weight excluding hydrogens is 196 g/mol. The summed E-state index contributed by atoms with van der Waals surface area (Å²) in [5, 5.41) is 9.75. The Balaban J connectivity index is 2.49. The van der Waals surface area contributed by atoms with Crippen LogP contribution in [0, 0.1) is 6.92 Å². The summed E-state index contributed by atoms with van der Waals surface area (Å²) in [5.41, 5.74) is 5.09. The molecule has 86 valence electrons. The minimum Gasteiger partial charge on any atom is -0.508 e. The van der Waals surface area contributed by atoms with E-state index in [0.29, 0.717) is 17.6 Å². The molecule has 1 aliphatic rings. The van der Waals surface area contributed by atoms with Crippen LogP contribution < -0.4 is 0 Å². The Morgan fingerprint density at radius 2 is 2.00 bits per heavy atom. The van der Waals surface area contributed by atoms with E-state index in [-0.39, 0.29) is 0 Å². The van der Waals surface area contributed by atoms with Crippen molar-refractivity contribution in [1.82, 2.24) is 0 Å². The zero-order chi connectivity index (χ0) is 11.9. The van der Waals surface area contributed by atoms with Crippen molar-refractivity contribution in [2.75, 3.05) is 0 Å². The van der Waals surface area contributed by atoms with E-state index >= 15 is 0 Å². The third-order valence-electron chi connectivity index (χ3n) is 3.47. The van der Waals surface area contributed by atoms with Gasteiger partial charge in [-0.15, -0.1) is 0 Å². The standard InChI is InChI=1S/C15H20O/c1-9(2)5-12-6-10(3)13-8-15(16)11(4)7-14(12)13/h5,7-8,10,12,16H,6H2,1-4H3/t10-,12-/m0/s1. The highest BCUT2D eigenvalue weighted by molar-refractivity contribution is 5.48. The summed E-state index contributed by atoms with van der Waals surface area (Å²) in [6, 6.07) is 4.10. The molecule has 0 aromatic heterocycles. The van der Waals surface area contributed by atoms with Gasteiger partial charge in [-0.3, -0.25) is 0 Å². The largest absolute Gasteiger partial charge is 0.508 e. The number of hydrogen-bond donors (Lipinski definition) is 1. The van der Waals surface area contributed by atoms with E-state index < -0.39 is 0 Å². The fraction of sp³-hybridized carbons (Fsp3) is 0.467. The van der Waals surface area contributed by atoms with Gasteiger partial charge in [0.15, 0.2) is 0 Å². The number of hydrogen-bond acceptors (Lipinski definition) is 1. The first-order chi connectivity index (χ1) is 7.49. The van der Waals surface area contributed by atoms with Crippen molar-refractivity contribution in [3.8, 4) is 5.75 Å². The SMILES string of the molecule is CC(C)=C[C@H]1C[C@H](C)c2cc(O)c(C)cc21. The molecule has 0 heterocycles. The molecule has 1 nitrogen and oxygen atoms in total. The molecule has 0 saturated heterocycles. The molecule has 1 N–H and O–H groups in total. The van der Waals surface area contributed by atoms with Crippen LogP contribution in [0.4, 0.5) is 0 Å². The van der Waals surface area contributed by atoms with Crippen LogP contribution in [0.1, 0.15) is 55.7 Å². The van der Waals surface area contributed by atoms with Gasteiger partial charge in [-0.1, -0.05) is 24.6 Å². The number of phenols is 1. The van der Waals surface area contributed by atoms with Gasteiger partial charge in [-0.2, -0.15) is 0 Å². The number of rotatable bonds is 1. The van der Waals surface area contributed by atoms with Gasteiger partial charge in [0.05, 0.1) is 0 Å². The van der Waals surface area contributed by atoms with Crippen molar-refractivity contribution in [3.05, 3.63) is 40.5 Å². The average Bonchev–Trinajstić information content (AvgIpc) is 2.44. The third kappa shape index (κ3) is 1.87. The fourth-order valence-corrected chi connectivity index (χ4v) is 2.68. The van der Waals surface area contributed by atoms with Crippen LogP contribution >= 0.6 is 0 Å². The van der Waals surface area contributed by atoms with Crippen molar-refractivity contribution >= 4 is 0 Å². The molecule has 0 unspecified atom stereocenters. The van der Waals surface area contributed by atoms with E-state index in [9.17, 15) is 5.11 Å². The van der Waals surface area contributed by atoms with E-state index in [1.165, 1.54) is 23.1 Å². The van der Waals surface area contributed by atoms with Crippen LogP contribution in [0.3, 0.4) is 0 Å². The topological polar surface area (TPSA) is 20.2 Å². The van der Waals surface area contributed by atoms with Gasteiger partial charge in [0.1, 0.15) is 5.75 Å². The molecule has 0 radical (unpaired) electrons. The van der Waals surface area contributed by atoms with Gasteiger partial charge >= 0.3 is 0 Å². The molecule has 1 heteroatoms. The summed E-state index contributed by atoms with van der Waals surface area (Å²) in [7, 11) is 0. The summed E-state index contributed by atoms with van der Waals surface area (Å²) in [6.45, 7) is 8.51. The van der Waals surface area contributed by atoms with Crippen LogP contribution in [0.5, 0.6) is 5.75 Å². The molecule has 0 aliphatic heterocycles. The lowest BCUT2D eigenvalue weighted by molar-refractivity contribution is 0.470. The molecule has 0 saturated carbocycles. The van der Waals surface area contributed by atoms with Gasteiger partial charge < -0.3 is 5.11 Å². The van der Waals surface area contributed by atoms with Gasteiger partial charge in [-0.25, -0.2) is 0 Å². The van der Waals surface area contributed by atoms with Gasteiger partial charge in [0.2, 0.25) is 0 Å². The molecular formula is C15H20O. The van der Waals surface area contributed by atoms with E-state index in [0.717, 1.165) is 5.56 Å². The second-order valence-corrected chi connectivity index (χ2v) is 5.25. The summed E-state index contributed by atoms with van der Waals surface area (Å²) in [5.74, 6) is 1.53. The highest BCUT2D eigenvalue weighted by atomic mass is 16.3. The van der Waals surface area contributed by atoms with Crippen molar-refractivity contribution in [3.63, 3.8) is 0 Å². The Morgan fingerprint density at radius 3 is 2.62 bits per heavy atom. The van der Waals surface area contributed by atoms with Crippen molar-refractivity contribution in [2.45, 2.75) is 46.0 Å². The first-order valence-electron chi connectivity index (χ1n) is 5.97. The van der Waals surface area contributed by atoms with Crippen molar-refractivity contribution < 1.29 is 5.11 Å². The predicted octanol–water partition coefficient (Wildman–Crippen LogP) is 4.26. The van der Waals surface area contributed by atoms with Gasteiger partial charge in [-0.05, 0) is 55.9 Å². The quantitative estimate of drug-likeness (QED) is 0.695. The van der Waals surface area contributed by atoms with E-state index in [1.807, 2.05) is 13.0 Å². The summed E-state index contributed by atoms with van der Waals surface area (Å²) < 4.78 is 0. The minimum absolute atomic E-state index is 0.434. The predicted molar refractivity (Wildman–Crippen MR) is 68.0 cm³/mol. The molecule has 1 aliphatic carbocycles. The zero-order valence-electron chi connectivity index (χ0n) is 10.5. The zero-order valence-corrected chi connectivity index (χ0v) is 10.5. The van der Waals surface area contributed by atoms with Crippen molar-refractivity contribution in [1.29, 1.82) is 0 Å². The van der Waals surface area contributed by atoms with Gasteiger partial charge in [0.25, 0.3) is 0 Å². The maximum atomic E-state index is 9.75. The number of phenolic OH excluding ortho intramolecular Hbond substituents is 1. The Labute approximate surface area is 97.8 Å². The molecule has 0 spiro atoms. The first-order valence-corrected chi connectivity index (χ1v) is 5.97. The molecule has 1 aromatic rings. The monoisotopic (exact) mass is 216 g/mol. The number of aryl methyl sites for hydroxylation is 1. The number of benzene rings is 1. The van der Waals surface area contributed by atoms with Crippen LogP contribution in [-0.2, 0) is 0 Å². The lowest BCUT2D eigenvalue weighted by Gasteiger charge is -2.09. The number of allylic oxidation sites excluding steroid dienone is 2. The molecule has 0 amide bonds. The Kier molecular flexibility index (Phi) is 2.79. The first kappa shape index (κ1) is 11.3. The second kappa shape index (κ2) is 3.97. The van der Waals surface area contributed by atoms with Crippen molar-refractivity contribution in [2.24, 2.45) is 0 Å². The Morgan fingerprint density at radius 1 is 1.31 bits per heavy atom. The van der Waals surface area contributed by atoms with Crippen LogP contribution in [0.15, 0.2) is 23.8 Å². The molecule has 2 atom stereocenters. The van der Waals surface area contributed by atoms with Crippen LogP contribution in [0.2, 0.25) is 0 Å². The Bertz CT molecular complexity index is 439. The third-order valence-corrected chi connectivity index (χ3v) is 3.47. The lowest BCUT2D eigenvalue weighted by Crippen LogP contribution is -1.91. The van der Waals surface area contributed by atoms with E-state index in [4.69, 9.17) is 0 Å². The highest BCUT2D eigenvalue weighted by Gasteiger charge is 2.27. The van der Waals surface area contributed by atoms with E-state index in [2.05, 4.69) is 32.9 Å².